The Morgan fingerprint density at radius 3 is 2.48 bits per heavy atom. The maximum atomic E-state index is 12.6. The van der Waals surface area contributed by atoms with Crippen LogP contribution in [0.1, 0.15) is 27.0 Å². The molecule has 0 radical (unpaired) electrons. The van der Waals surface area contributed by atoms with Gasteiger partial charge in [-0.3, -0.25) is 4.79 Å². The molecule has 0 saturated carbocycles. The van der Waals surface area contributed by atoms with Crippen molar-refractivity contribution in [3.8, 4) is 11.5 Å². The molecule has 106 valence electrons. The fraction of sp³-hybridized carbons (Fsp3) is 0.167. The third kappa shape index (κ3) is 2.21. The van der Waals surface area contributed by atoms with Crippen LogP contribution in [0.4, 0.5) is 0 Å². The van der Waals surface area contributed by atoms with Crippen molar-refractivity contribution >= 4 is 11.9 Å². The topological polar surface area (TPSA) is 35.5 Å². The Morgan fingerprint density at radius 2 is 1.81 bits per heavy atom. The highest BCUT2D eigenvalue weighted by Gasteiger charge is 2.33. The number of fused-ring (bicyclic) bond motifs is 1. The molecular formula is C18H16O3. The van der Waals surface area contributed by atoms with Crippen LogP contribution in [-0.2, 0) is 0 Å². The smallest absolute Gasteiger partial charge is 0.235 e. The van der Waals surface area contributed by atoms with Gasteiger partial charge in [0.25, 0.3) is 0 Å². The lowest BCUT2D eigenvalue weighted by Gasteiger charge is -2.10. The van der Waals surface area contributed by atoms with E-state index in [1.165, 1.54) is 0 Å². The van der Waals surface area contributed by atoms with E-state index in [0.29, 0.717) is 22.8 Å². The van der Waals surface area contributed by atoms with E-state index in [0.717, 1.165) is 16.7 Å². The Balaban J connectivity index is 2.11. The molecule has 1 heterocycles. The molecule has 0 aromatic heterocycles. The number of aryl methyl sites for hydroxylation is 2. The van der Waals surface area contributed by atoms with E-state index in [1.54, 1.807) is 13.2 Å². The number of benzene rings is 2. The zero-order valence-corrected chi connectivity index (χ0v) is 12.3. The van der Waals surface area contributed by atoms with E-state index in [-0.39, 0.29) is 5.78 Å². The zero-order chi connectivity index (χ0) is 15.0. The summed E-state index contributed by atoms with van der Waals surface area (Å²) >= 11 is 0. The molecule has 1 aliphatic heterocycles. The standard InChI is InChI=1S/C18H16O3/c1-11-9-12(2)18-15(17(11)20-3)16(19)14(21-18)10-13-7-5-4-6-8-13/h4-10H,1-3H3/b14-10-. The van der Waals surface area contributed by atoms with Crippen molar-refractivity contribution < 1.29 is 14.3 Å². The second kappa shape index (κ2) is 5.09. The van der Waals surface area contributed by atoms with Crippen LogP contribution >= 0.6 is 0 Å². The first-order valence-electron chi connectivity index (χ1n) is 6.79. The van der Waals surface area contributed by atoms with E-state index < -0.39 is 0 Å². The van der Waals surface area contributed by atoms with Gasteiger partial charge >= 0.3 is 0 Å². The molecule has 1 aliphatic rings. The summed E-state index contributed by atoms with van der Waals surface area (Å²) in [7, 11) is 1.57. The van der Waals surface area contributed by atoms with E-state index in [2.05, 4.69) is 0 Å². The maximum Gasteiger partial charge on any atom is 0.235 e. The minimum Gasteiger partial charge on any atom is -0.496 e. The summed E-state index contributed by atoms with van der Waals surface area (Å²) in [5.74, 6) is 1.40. The van der Waals surface area contributed by atoms with Gasteiger partial charge in [0.05, 0.1) is 7.11 Å². The second-order valence-corrected chi connectivity index (χ2v) is 5.10. The molecule has 3 rings (SSSR count). The highest BCUT2D eigenvalue weighted by Crippen LogP contribution is 2.42. The van der Waals surface area contributed by atoms with Crippen LogP contribution in [0.15, 0.2) is 42.2 Å². The summed E-state index contributed by atoms with van der Waals surface area (Å²) in [6.07, 6.45) is 1.76. The monoisotopic (exact) mass is 280 g/mol. The van der Waals surface area contributed by atoms with Gasteiger partial charge < -0.3 is 9.47 Å². The molecule has 0 amide bonds. The largest absolute Gasteiger partial charge is 0.496 e. The average molecular weight is 280 g/mol. The zero-order valence-electron chi connectivity index (χ0n) is 12.3. The minimum absolute atomic E-state index is 0.127. The lowest BCUT2D eigenvalue weighted by Crippen LogP contribution is -2.01. The van der Waals surface area contributed by atoms with Gasteiger partial charge in [0, 0.05) is 0 Å². The van der Waals surface area contributed by atoms with Crippen molar-refractivity contribution in [1.29, 1.82) is 0 Å². The van der Waals surface area contributed by atoms with Crippen molar-refractivity contribution in [3.05, 3.63) is 64.4 Å². The van der Waals surface area contributed by atoms with E-state index in [4.69, 9.17) is 9.47 Å². The third-order valence-corrected chi connectivity index (χ3v) is 3.57. The van der Waals surface area contributed by atoms with Crippen molar-refractivity contribution in [2.24, 2.45) is 0 Å². The van der Waals surface area contributed by atoms with E-state index in [1.807, 2.05) is 50.2 Å². The lowest BCUT2D eigenvalue weighted by molar-refractivity contribution is 0.101. The summed E-state index contributed by atoms with van der Waals surface area (Å²) in [6.45, 7) is 3.86. The Labute approximate surface area is 123 Å². The Bertz CT molecular complexity index is 743. The molecule has 0 atom stereocenters. The van der Waals surface area contributed by atoms with Crippen LogP contribution in [0.2, 0.25) is 0 Å². The molecule has 21 heavy (non-hydrogen) atoms. The minimum atomic E-state index is -0.127. The molecule has 0 saturated heterocycles. The molecule has 3 nitrogen and oxygen atoms in total. The van der Waals surface area contributed by atoms with E-state index >= 15 is 0 Å². The fourth-order valence-electron chi connectivity index (χ4n) is 2.63. The summed E-state index contributed by atoms with van der Waals surface area (Å²) in [4.78, 5) is 12.6. The maximum absolute atomic E-state index is 12.6. The van der Waals surface area contributed by atoms with E-state index in [9.17, 15) is 4.79 Å². The van der Waals surface area contributed by atoms with Crippen molar-refractivity contribution in [1.82, 2.24) is 0 Å². The molecule has 0 fully saturated rings. The lowest BCUT2D eigenvalue weighted by atomic mass is 10.0. The van der Waals surface area contributed by atoms with Crippen LogP contribution < -0.4 is 9.47 Å². The molecule has 0 aliphatic carbocycles. The molecule has 3 heteroatoms. The van der Waals surface area contributed by atoms with Crippen molar-refractivity contribution in [2.75, 3.05) is 7.11 Å². The first-order chi connectivity index (χ1) is 10.1. The van der Waals surface area contributed by atoms with Gasteiger partial charge in [-0.2, -0.15) is 0 Å². The van der Waals surface area contributed by atoms with Gasteiger partial charge in [-0.25, -0.2) is 0 Å². The Kier molecular flexibility index (Phi) is 3.26. The number of carbonyl (C=O) groups excluding carboxylic acids is 1. The van der Waals surface area contributed by atoms with Gasteiger partial charge in [-0.15, -0.1) is 0 Å². The average Bonchev–Trinajstić information content (AvgIpc) is 2.79. The number of ether oxygens (including phenoxy) is 2. The number of rotatable bonds is 2. The number of Topliss-reactive ketones (excluding diaryl/α,β-unsaturated/α-hetero) is 1. The van der Waals surface area contributed by atoms with Gasteiger partial charge in [-0.05, 0) is 42.7 Å². The predicted molar refractivity (Wildman–Crippen MR) is 81.8 cm³/mol. The predicted octanol–water partition coefficient (Wildman–Crippen LogP) is 3.93. The molecular weight excluding hydrogens is 264 g/mol. The molecule has 0 unspecified atom stereocenters. The second-order valence-electron chi connectivity index (χ2n) is 5.10. The van der Waals surface area contributed by atoms with Gasteiger partial charge in [0.15, 0.2) is 5.76 Å². The first-order valence-corrected chi connectivity index (χ1v) is 6.79. The number of methoxy groups -OCH3 is 1. The molecule has 2 aromatic carbocycles. The van der Waals surface area contributed by atoms with Crippen LogP contribution in [-0.4, -0.2) is 12.9 Å². The van der Waals surface area contributed by atoms with Crippen molar-refractivity contribution in [3.63, 3.8) is 0 Å². The number of carbonyl (C=O) groups is 1. The number of ketones is 1. The van der Waals surface area contributed by atoms with Gasteiger partial charge in [0.2, 0.25) is 5.78 Å². The fourth-order valence-corrected chi connectivity index (χ4v) is 2.63. The number of hydrogen-bond acceptors (Lipinski definition) is 3. The molecule has 0 spiro atoms. The van der Waals surface area contributed by atoms with Gasteiger partial charge in [0.1, 0.15) is 17.1 Å². The SMILES string of the molecule is COc1c(C)cc(C)c2c1C(=O)/C(=C/c1ccccc1)O2. The molecule has 0 N–H and O–H groups in total. The Hall–Kier alpha value is -2.55. The third-order valence-electron chi connectivity index (χ3n) is 3.57. The quantitative estimate of drug-likeness (QED) is 0.782. The normalized spacial score (nSPS) is 15.0. The summed E-state index contributed by atoms with van der Waals surface area (Å²) in [6, 6.07) is 11.6. The van der Waals surface area contributed by atoms with Crippen LogP contribution in [0, 0.1) is 13.8 Å². The first kappa shape index (κ1) is 13.4. The Morgan fingerprint density at radius 1 is 1.10 bits per heavy atom. The van der Waals surface area contributed by atoms with Crippen LogP contribution in [0.5, 0.6) is 11.5 Å². The number of allylic oxidation sites excluding steroid dienone is 1. The van der Waals surface area contributed by atoms with Crippen LogP contribution in [0.25, 0.3) is 6.08 Å². The highest BCUT2D eigenvalue weighted by atomic mass is 16.5. The highest BCUT2D eigenvalue weighted by molar-refractivity contribution is 6.16. The van der Waals surface area contributed by atoms with Crippen LogP contribution in [0.3, 0.4) is 0 Å². The molecule has 0 bridgehead atoms. The van der Waals surface area contributed by atoms with Gasteiger partial charge in [-0.1, -0.05) is 30.3 Å². The number of hydrogen-bond donors (Lipinski definition) is 0. The summed E-state index contributed by atoms with van der Waals surface area (Å²) in [5, 5.41) is 0. The summed E-state index contributed by atoms with van der Waals surface area (Å²) < 4.78 is 11.2. The van der Waals surface area contributed by atoms with Crippen molar-refractivity contribution in [2.45, 2.75) is 13.8 Å². The molecule has 2 aromatic rings. The summed E-state index contributed by atoms with van der Waals surface area (Å²) in [5.41, 5.74) is 3.33.